The summed E-state index contributed by atoms with van der Waals surface area (Å²) < 4.78 is 0. The maximum atomic E-state index is 5.47. The Morgan fingerprint density at radius 2 is 2.31 bits per heavy atom. The van der Waals surface area contributed by atoms with E-state index in [1.54, 1.807) is 6.20 Å². The third-order valence-electron chi connectivity index (χ3n) is 1.58. The van der Waals surface area contributed by atoms with Gasteiger partial charge in [0.15, 0.2) is 0 Å². The van der Waals surface area contributed by atoms with Gasteiger partial charge in [0.05, 0.1) is 5.69 Å². The van der Waals surface area contributed by atoms with Crippen molar-refractivity contribution in [1.29, 1.82) is 0 Å². The molecule has 0 saturated carbocycles. The van der Waals surface area contributed by atoms with Gasteiger partial charge in [0, 0.05) is 12.7 Å². The van der Waals surface area contributed by atoms with Crippen molar-refractivity contribution in [3.05, 3.63) is 29.6 Å². The maximum absolute atomic E-state index is 5.47. The molecule has 13 heavy (non-hydrogen) atoms. The molecule has 4 heteroatoms. The van der Waals surface area contributed by atoms with Crippen LogP contribution in [0.3, 0.4) is 0 Å². The summed E-state index contributed by atoms with van der Waals surface area (Å²) in [7, 11) is 4.03. The first-order chi connectivity index (χ1) is 6.09. The fourth-order valence-corrected chi connectivity index (χ4v) is 1.18. The van der Waals surface area contributed by atoms with Crippen LogP contribution in [-0.2, 0) is 6.54 Å². The summed E-state index contributed by atoms with van der Waals surface area (Å²) in [5, 5.41) is 0. The predicted molar refractivity (Wildman–Crippen MR) is 57.5 cm³/mol. The quantitative estimate of drug-likeness (QED) is 0.724. The van der Waals surface area contributed by atoms with Gasteiger partial charge in [-0.3, -0.25) is 4.98 Å². The molecule has 0 bridgehead atoms. The molecule has 1 rings (SSSR count). The summed E-state index contributed by atoms with van der Waals surface area (Å²) >= 11 is 4.84. The van der Waals surface area contributed by atoms with Crippen molar-refractivity contribution in [3.8, 4) is 0 Å². The van der Waals surface area contributed by atoms with Crippen LogP contribution >= 0.6 is 12.2 Å². The van der Waals surface area contributed by atoms with Gasteiger partial charge in [0.2, 0.25) is 0 Å². The summed E-state index contributed by atoms with van der Waals surface area (Å²) in [6.45, 7) is 0.873. The Morgan fingerprint density at radius 1 is 1.62 bits per heavy atom. The molecule has 0 aliphatic carbocycles. The van der Waals surface area contributed by atoms with Gasteiger partial charge >= 0.3 is 0 Å². The lowest BCUT2D eigenvalue weighted by molar-refractivity contribution is 0.402. The van der Waals surface area contributed by atoms with Gasteiger partial charge < -0.3 is 10.6 Å². The molecule has 0 aliphatic rings. The van der Waals surface area contributed by atoms with Gasteiger partial charge in [0.25, 0.3) is 0 Å². The zero-order chi connectivity index (χ0) is 9.84. The molecule has 1 aromatic heterocycles. The third kappa shape index (κ3) is 3.08. The van der Waals surface area contributed by atoms with Gasteiger partial charge in [-0.25, -0.2) is 0 Å². The second-order valence-electron chi connectivity index (χ2n) is 3.15. The topological polar surface area (TPSA) is 42.2 Å². The smallest absolute Gasteiger partial charge is 0.122 e. The van der Waals surface area contributed by atoms with E-state index >= 15 is 0 Å². The van der Waals surface area contributed by atoms with E-state index in [2.05, 4.69) is 9.88 Å². The lowest BCUT2D eigenvalue weighted by Gasteiger charge is -2.09. The van der Waals surface area contributed by atoms with Crippen LogP contribution in [0.1, 0.15) is 11.3 Å². The lowest BCUT2D eigenvalue weighted by atomic mass is 10.2. The van der Waals surface area contributed by atoms with Crippen LogP contribution in [-0.4, -0.2) is 29.0 Å². The normalized spacial score (nSPS) is 10.4. The minimum Gasteiger partial charge on any atom is -0.388 e. The molecule has 70 valence electrons. The van der Waals surface area contributed by atoms with Crippen LogP contribution in [0.5, 0.6) is 0 Å². The van der Waals surface area contributed by atoms with Crippen LogP contribution in [0.4, 0.5) is 0 Å². The van der Waals surface area contributed by atoms with Crippen molar-refractivity contribution in [2.24, 2.45) is 5.73 Å². The molecule has 0 radical (unpaired) electrons. The molecule has 0 fully saturated rings. The molecule has 0 spiro atoms. The van der Waals surface area contributed by atoms with Gasteiger partial charge in [-0.05, 0) is 31.8 Å². The number of hydrogen-bond acceptors (Lipinski definition) is 3. The Labute approximate surface area is 83.6 Å². The first-order valence-electron chi connectivity index (χ1n) is 3.99. The van der Waals surface area contributed by atoms with E-state index in [0.717, 1.165) is 6.54 Å². The van der Waals surface area contributed by atoms with Crippen molar-refractivity contribution in [3.63, 3.8) is 0 Å². The minimum absolute atomic E-state index is 0.348. The van der Waals surface area contributed by atoms with Crippen molar-refractivity contribution >= 4 is 17.2 Å². The number of nitrogens with two attached hydrogens (primary N) is 1. The highest BCUT2D eigenvalue weighted by Gasteiger charge is 2.00. The zero-order valence-electron chi connectivity index (χ0n) is 7.82. The Hall–Kier alpha value is -1.00. The molecule has 0 aliphatic heterocycles. The van der Waals surface area contributed by atoms with Crippen molar-refractivity contribution < 1.29 is 0 Å². The van der Waals surface area contributed by atoms with Crippen molar-refractivity contribution in [1.82, 2.24) is 9.88 Å². The van der Waals surface area contributed by atoms with Gasteiger partial charge in [-0.15, -0.1) is 0 Å². The van der Waals surface area contributed by atoms with E-state index in [1.807, 2.05) is 26.2 Å². The molecule has 1 aromatic rings. The number of nitrogens with zero attached hydrogens (tertiary/aromatic N) is 2. The Balaban J connectivity index is 2.85. The predicted octanol–water partition coefficient (Wildman–Crippen LogP) is 0.777. The third-order valence-corrected chi connectivity index (χ3v) is 1.78. The Morgan fingerprint density at radius 3 is 2.85 bits per heavy atom. The van der Waals surface area contributed by atoms with E-state index in [1.165, 1.54) is 5.56 Å². The number of aromatic nitrogens is 1. The zero-order valence-corrected chi connectivity index (χ0v) is 8.64. The molecule has 0 amide bonds. The SMILES string of the molecule is CN(C)Cc1ccnc(C(N)=S)c1. The summed E-state index contributed by atoms with van der Waals surface area (Å²) in [6, 6.07) is 3.88. The molecule has 0 aromatic carbocycles. The van der Waals surface area contributed by atoms with Crippen molar-refractivity contribution in [2.75, 3.05) is 14.1 Å². The van der Waals surface area contributed by atoms with Crippen LogP contribution in [0.25, 0.3) is 0 Å². The highest BCUT2D eigenvalue weighted by molar-refractivity contribution is 7.80. The fourth-order valence-electron chi connectivity index (χ4n) is 1.07. The Bertz CT molecular complexity index is 309. The second-order valence-corrected chi connectivity index (χ2v) is 3.59. The first kappa shape index (κ1) is 10.1. The largest absolute Gasteiger partial charge is 0.388 e. The van der Waals surface area contributed by atoms with Gasteiger partial charge in [-0.2, -0.15) is 0 Å². The Kier molecular flexibility index (Phi) is 3.33. The summed E-state index contributed by atoms with van der Waals surface area (Å²) in [5.41, 5.74) is 7.33. The van der Waals surface area contributed by atoms with Crippen LogP contribution in [0.15, 0.2) is 18.3 Å². The van der Waals surface area contributed by atoms with E-state index in [-0.39, 0.29) is 0 Å². The first-order valence-corrected chi connectivity index (χ1v) is 4.40. The molecule has 0 atom stereocenters. The molecular formula is C9H13N3S. The van der Waals surface area contributed by atoms with E-state index < -0.39 is 0 Å². The van der Waals surface area contributed by atoms with Crippen molar-refractivity contribution in [2.45, 2.75) is 6.54 Å². The number of thiocarbonyl (C=S) groups is 1. The maximum Gasteiger partial charge on any atom is 0.122 e. The number of rotatable bonds is 3. The van der Waals surface area contributed by atoms with Gasteiger partial charge in [-0.1, -0.05) is 12.2 Å². The summed E-state index contributed by atoms with van der Waals surface area (Å²) in [5.74, 6) is 0. The summed E-state index contributed by atoms with van der Waals surface area (Å²) in [4.78, 5) is 6.49. The van der Waals surface area contributed by atoms with E-state index in [0.29, 0.717) is 10.7 Å². The molecule has 2 N–H and O–H groups in total. The second kappa shape index (κ2) is 4.30. The van der Waals surface area contributed by atoms with Crippen LogP contribution in [0, 0.1) is 0 Å². The van der Waals surface area contributed by atoms with Gasteiger partial charge in [0.1, 0.15) is 4.99 Å². The molecule has 0 unspecified atom stereocenters. The van der Waals surface area contributed by atoms with E-state index in [9.17, 15) is 0 Å². The lowest BCUT2D eigenvalue weighted by Crippen LogP contribution is -2.14. The summed E-state index contributed by atoms with van der Waals surface area (Å²) in [6.07, 6.45) is 1.73. The van der Waals surface area contributed by atoms with E-state index in [4.69, 9.17) is 18.0 Å². The van der Waals surface area contributed by atoms with Crippen LogP contribution < -0.4 is 5.73 Å². The molecular weight excluding hydrogens is 182 g/mol. The highest BCUT2D eigenvalue weighted by Crippen LogP contribution is 2.03. The fraction of sp³-hybridized carbons (Fsp3) is 0.333. The monoisotopic (exact) mass is 195 g/mol. The van der Waals surface area contributed by atoms with Crippen LogP contribution in [0.2, 0.25) is 0 Å². The average Bonchev–Trinajstić information content (AvgIpc) is 2.03. The molecule has 0 saturated heterocycles. The average molecular weight is 195 g/mol. The minimum atomic E-state index is 0.348. The highest BCUT2D eigenvalue weighted by atomic mass is 32.1. The standard InChI is InChI=1S/C9H13N3S/c1-12(2)6-7-3-4-11-8(5-7)9(10)13/h3-5H,6H2,1-2H3,(H2,10,13). The number of hydrogen-bond donors (Lipinski definition) is 1. The number of pyridine rings is 1. The molecule has 3 nitrogen and oxygen atoms in total. The molecule has 1 heterocycles.